The van der Waals surface area contributed by atoms with Gasteiger partial charge in [0.25, 0.3) is 5.91 Å². The standard InChI is InChI=1S/C22H28FN3O/c1-16(2)14-26-12-6-8-18(15-26)21(20-10-3-4-11-24-20)25-22(27)17-7-5-9-19(23)13-17/h3-5,7,9-11,13,16,18,21H,6,8,12,14-15H2,1-2H3,(H,25,27). The van der Waals surface area contributed by atoms with Crippen molar-refractivity contribution in [3.8, 4) is 0 Å². The first-order valence-electron chi connectivity index (χ1n) is 9.72. The van der Waals surface area contributed by atoms with E-state index < -0.39 is 5.82 Å². The van der Waals surface area contributed by atoms with E-state index in [2.05, 4.69) is 29.0 Å². The number of hydrogen-bond acceptors (Lipinski definition) is 3. The number of carbonyl (C=O) groups excluding carboxylic acids is 1. The molecule has 0 radical (unpaired) electrons. The van der Waals surface area contributed by atoms with Crippen LogP contribution in [0.15, 0.2) is 48.7 Å². The highest BCUT2D eigenvalue weighted by Crippen LogP contribution is 2.29. The van der Waals surface area contributed by atoms with Gasteiger partial charge in [-0.25, -0.2) is 4.39 Å². The maximum Gasteiger partial charge on any atom is 0.251 e. The maximum absolute atomic E-state index is 13.5. The topological polar surface area (TPSA) is 45.2 Å². The van der Waals surface area contributed by atoms with E-state index in [4.69, 9.17) is 0 Å². The molecule has 2 unspecified atom stereocenters. The van der Waals surface area contributed by atoms with Gasteiger partial charge in [-0.3, -0.25) is 9.78 Å². The summed E-state index contributed by atoms with van der Waals surface area (Å²) >= 11 is 0. The summed E-state index contributed by atoms with van der Waals surface area (Å²) in [5.74, 6) is 0.229. The molecule has 1 aromatic carbocycles. The number of aromatic nitrogens is 1. The lowest BCUT2D eigenvalue weighted by Crippen LogP contribution is -2.44. The molecular formula is C22H28FN3O. The zero-order chi connectivity index (χ0) is 19.2. The van der Waals surface area contributed by atoms with E-state index in [-0.39, 0.29) is 17.9 Å². The number of likely N-dealkylation sites (tertiary alicyclic amines) is 1. The van der Waals surface area contributed by atoms with Crippen LogP contribution in [-0.4, -0.2) is 35.4 Å². The molecule has 144 valence electrons. The summed E-state index contributed by atoms with van der Waals surface area (Å²) in [7, 11) is 0. The van der Waals surface area contributed by atoms with Crippen LogP contribution in [0.25, 0.3) is 0 Å². The summed E-state index contributed by atoms with van der Waals surface area (Å²) in [5.41, 5.74) is 1.20. The van der Waals surface area contributed by atoms with E-state index in [0.717, 1.165) is 38.2 Å². The van der Waals surface area contributed by atoms with Crippen LogP contribution in [0.2, 0.25) is 0 Å². The van der Waals surface area contributed by atoms with E-state index in [1.165, 1.54) is 12.1 Å². The van der Waals surface area contributed by atoms with Crippen molar-refractivity contribution < 1.29 is 9.18 Å². The number of nitrogens with one attached hydrogen (secondary N) is 1. The fraction of sp³-hybridized carbons (Fsp3) is 0.455. The van der Waals surface area contributed by atoms with Crippen LogP contribution >= 0.6 is 0 Å². The number of nitrogens with zero attached hydrogens (tertiary/aromatic N) is 2. The Morgan fingerprint density at radius 3 is 2.85 bits per heavy atom. The van der Waals surface area contributed by atoms with Crippen LogP contribution in [0.1, 0.15) is 48.8 Å². The number of benzene rings is 1. The van der Waals surface area contributed by atoms with Crippen molar-refractivity contribution in [2.75, 3.05) is 19.6 Å². The monoisotopic (exact) mass is 369 g/mol. The zero-order valence-corrected chi connectivity index (χ0v) is 16.1. The molecule has 1 saturated heterocycles. The molecule has 2 heterocycles. The first-order valence-corrected chi connectivity index (χ1v) is 9.72. The molecule has 1 amide bonds. The molecule has 5 heteroatoms. The Morgan fingerprint density at radius 1 is 1.30 bits per heavy atom. The number of amides is 1. The Hall–Kier alpha value is -2.27. The van der Waals surface area contributed by atoms with Gasteiger partial charge >= 0.3 is 0 Å². The number of halogens is 1. The summed E-state index contributed by atoms with van der Waals surface area (Å²) in [6.07, 6.45) is 3.90. The van der Waals surface area contributed by atoms with Crippen LogP contribution in [0.4, 0.5) is 4.39 Å². The molecule has 0 spiro atoms. The van der Waals surface area contributed by atoms with Crippen LogP contribution in [0.3, 0.4) is 0 Å². The van der Waals surface area contributed by atoms with Crippen molar-refractivity contribution >= 4 is 5.91 Å². The zero-order valence-electron chi connectivity index (χ0n) is 16.1. The normalized spacial score (nSPS) is 19.0. The van der Waals surface area contributed by atoms with Crippen molar-refractivity contribution in [3.05, 3.63) is 65.7 Å². The summed E-state index contributed by atoms with van der Waals surface area (Å²) in [6, 6.07) is 11.4. The largest absolute Gasteiger partial charge is 0.343 e. The quantitative estimate of drug-likeness (QED) is 0.835. The van der Waals surface area contributed by atoms with Crippen molar-refractivity contribution in [3.63, 3.8) is 0 Å². The first-order chi connectivity index (χ1) is 13.0. The lowest BCUT2D eigenvalue weighted by Gasteiger charge is -2.37. The molecule has 27 heavy (non-hydrogen) atoms. The average molecular weight is 369 g/mol. The minimum atomic E-state index is -0.405. The molecule has 1 aliphatic rings. The molecule has 2 atom stereocenters. The Morgan fingerprint density at radius 2 is 2.15 bits per heavy atom. The SMILES string of the molecule is CC(C)CN1CCCC(C(NC(=O)c2cccc(F)c2)c2ccccn2)C1. The lowest BCUT2D eigenvalue weighted by molar-refractivity contribution is 0.0870. The highest BCUT2D eigenvalue weighted by molar-refractivity contribution is 5.94. The highest BCUT2D eigenvalue weighted by atomic mass is 19.1. The smallest absolute Gasteiger partial charge is 0.251 e. The number of rotatable bonds is 6. The van der Waals surface area contributed by atoms with E-state index >= 15 is 0 Å². The predicted molar refractivity (Wildman–Crippen MR) is 105 cm³/mol. The number of hydrogen-bond donors (Lipinski definition) is 1. The molecular weight excluding hydrogens is 341 g/mol. The molecule has 2 aromatic rings. The second kappa shape index (κ2) is 9.09. The molecule has 1 fully saturated rings. The third kappa shape index (κ3) is 5.36. The third-order valence-corrected chi connectivity index (χ3v) is 5.02. The van der Waals surface area contributed by atoms with Crippen molar-refractivity contribution in [1.29, 1.82) is 0 Å². The fourth-order valence-corrected chi connectivity index (χ4v) is 3.89. The molecule has 0 saturated carbocycles. The highest BCUT2D eigenvalue weighted by Gasteiger charge is 2.30. The minimum absolute atomic E-state index is 0.183. The molecule has 0 bridgehead atoms. The minimum Gasteiger partial charge on any atom is -0.343 e. The summed E-state index contributed by atoms with van der Waals surface area (Å²) in [5, 5.41) is 3.13. The van der Waals surface area contributed by atoms with E-state index in [1.807, 2.05) is 18.2 Å². The van der Waals surface area contributed by atoms with Gasteiger partial charge in [0.2, 0.25) is 0 Å². The van der Waals surface area contributed by atoms with Gasteiger partial charge in [0.1, 0.15) is 5.82 Å². The summed E-state index contributed by atoms with van der Waals surface area (Å²) < 4.78 is 13.5. The third-order valence-electron chi connectivity index (χ3n) is 5.02. The Labute approximate surface area is 160 Å². The van der Waals surface area contributed by atoms with E-state index in [9.17, 15) is 9.18 Å². The number of piperidine rings is 1. The van der Waals surface area contributed by atoms with Crippen LogP contribution in [0.5, 0.6) is 0 Å². The van der Waals surface area contributed by atoms with Gasteiger partial charge < -0.3 is 10.2 Å². The molecule has 1 aliphatic heterocycles. The molecule has 4 nitrogen and oxygen atoms in total. The molecule has 1 N–H and O–H groups in total. The van der Waals surface area contributed by atoms with Crippen molar-refractivity contribution in [2.45, 2.75) is 32.7 Å². The van der Waals surface area contributed by atoms with Gasteiger partial charge in [-0.2, -0.15) is 0 Å². The Balaban J connectivity index is 1.80. The van der Waals surface area contributed by atoms with Crippen LogP contribution in [-0.2, 0) is 0 Å². The second-order valence-corrected chi connectivity index (χ2v) is 7.77. The fourth-order valence-electron chi connectivity index (χ4n) is 3.89. The van der Waals surface area contributed by atoms with Crippen LogP contribution in [0, 0.1) is 17.7 Å². The summed E-state index contributed by atoms with van der Waals surface area (Å²) in [6.45, 7) is 7.55. The van der Waals surface area contributed by atoms with E-state index in [1.54, 1.807) is 18.3 Å². The van der Waals surface area contributed by atoms with E-state index in [0.29, 0.717) is 11.5 Å². The van der Waals surface area contributed by atoms with Crippen molar-refractivity contribution in [2.24, 2.45) is 11.8 Å². The van der Waals surface area contributed by atoms with Gasteiger partial charge in [0, 0.05) is 24.8 Å². The average Bonchev–Trinajstić information content (AvgIpc) is 2.66. The maximum atomic E-state index is 13.5. The van der Waals surface area contributed by atoms with Gasteiger partial charge in [0.05, 0.1) is 11.7 Å². The second-order valence-electron chi connectivity index (χ2n) is 7.77. The van der Waals surface area contributed by atoms with Gasteiger partial charge in [-0.1, -0.05) is 26.0 Å². The molecule has 3 rings (SSSR count). The molecule has 0 aliphatic carbocycles. The van der Waals surface area contributed by atoms with Gasteiger partial charge in [-0.05, 0) is 61.6 Å². The van der Waals surface area contributed by atoms with Gasteiger partial charge in [-0.15, -0.1) is 0 Å². The molecule has 1 aromatic heterocycles. The van der Waals surface area contributed by atoms with Crippen molar-refractivity contribution in [1.82, 2.24) is 15.2 Å². The first kappa shape index (κ1) is 19.5. The Kier molecular flexibility index (Phi) is 6.56. The number of pyridine rings is 1. The Bertz CT molecular complexity index is 750. The number of carbonyl (C=O) groups is 1. The van der Waals surface area contributed by atoms with Gasteiger partial charge in [0.15, 0.2) is 0 Å². The lowest BCUT2D eigenvalue weighted by atomic mass is 9.88. The van der Waals surface area contributed by atoms with Crippen LogP contribution < -0.4 is 5.32 Å². The summed E-state index contributed by atoms with van der Waals surface area (Å²) in [4.78, 5) is 19.7. The predicted octanol–water partition coefficient (Wildman–Crippen LogP) is 4.06.